The topological polar surface area (TPSA) is 76.4 Å². The Bertz CT molecular complexity index is 464. The molecule has 7 heteroatoms. The van der Waals surface area contributed by atoms with E-state index in [0.717, 1.165) is 0 Å². The average molecular weight is 318 g/mol. The van der Waals surface area contributed by atoms with Crippen LogP contribution in [0.1, 0.15) is 13.8 Å². The summed E-state index contributed by atoms with van der Waals surface area (Å²) in [5, 5.41) is 5.41. The Balaban J connectivity index is 0.00000400. The van der Waals surface area contributed by atoms with Crippen LogP contribution in [0.2, 0.25) is 0 Å². The summed E-state index contributed by atoms with van der Waals surface area (Å²) in [6, 6.07) is 6.60. The van der Waals surface area contributed by atoms with Gasteiger partial charge in [0.25, 0.3) is 0 Å². The van der Waals surface area contributed by atoms with Crippen LogP contribution in [-0.2, 0) is 0 Å². The van der Waals surface area contributed by atoms with Gasteiger partial charge in [-0.3, -0.25) is 0 Å². The molecule has 0 fully saturated rings. The number of nitrogens with one attached hydrogen (secondary N) is 2. The van der Waals surface area contributed by atoms with Crippen LogP contribution >= 0.6 is 12.4 Å². The van der Waals surface area contributed by atoms with Crippen molar-refractivity contribution in [2.75, 3.05) is 18.5 Å². The number of nitrogens with two attached hydrogens (primary N) is 1. The lowest BCUT2D eigenvalue weighted by Gasteiger charge is -2.11. The Hall–Kier alpha value is -1.79. The van der Waals surface area contributed by atoms with Crippen molar-refractivity contribution >= 4 is 24.1 Å². The fourth-order valence-corrected chi connectivity index (χ4v) is 1.37. The second kappa shape index (κ2) is 10.0. The average Bonchev–Trinajstić information content (AvgIpc) is 2.40. The van der Waals surface area contributed by atoms with Crippen molar-refractivity contribution in [2.24, 2.45) is 5.73 Å². The summed E-state index contributed by atoms with van der Waals surface area (Å²) in [6.07, 6.45) is 0.451. The van der Waals surface area contributed by atoms with Crippen LogP contribution in [0.25, 0.3) is 0 Å². The van der Waals surface area contributed by atoms with Crippen LogP contribution in [0, 0.1) is 0 Å². The summed E-state index contributed by atoms with van der Waals surface area (Å²) < 4.78 is 17.7. The number of ether oxygens (including phenoxy) is 1. The highest BCUT2D eigenvalue weighted by atomic mass is 35.5. The Morgan fingerprint density at radius 2 is 2.00 bits per heavy atom. The maximum atomic E-state index is 12.3. The van der Waals surface area contributed by atoms with E-state index in [1.807, 2.05) is 13.8 Å². The summed E-state index contributed by atoms with van der Waals surface area (Å²) in [4.78, 5) is 11.5. The molecular formula is C14H21ClFN3O2. The Morgan fingerprint density at radius 1 is 1.38 bits per heavy atom. The van der Waals surface area contributed by atoms with E-state index in [9.17, 15) is 9.18 Å². The molecule has 1 aromatic carbocycles. The van der Waals surface area contributed by atoms with Crippen LogP contribution in [-0.4, -0.2) is 25.2 Å². The molecule has 0 bridgehead atoms. The second-order valence-electron chi connectivity index (χ2n) is 4.54. The van der Waals surface area contributed by atoms with Crippen molar-refractivity contribution in [2.45, 2.75) is 19.9 Å². The van der Waals surface area contributed by atoms with Gasteiger partial charge in [0.2, 0.25) is 0 Å². The summed E-state index contributed by atoms with van der Waals surface area (Å²) >= 11 is 0. The van der Waals surface area contributed by atoms with E-state index in [4.69, 9.17) is 10.5 Å². The van der Waals surface area contributed by atoms with Crippen molar-refractivity contribution in [3.63, 3.8) is 0 Å². The molecular weight excluding hydrogens is 297 g/mol. The van der Waals surface area contributed by atoms with Gasteiger partial charge in [0, 0.05) is 23.8 Å². The third-order valence-electron chi connectivity index (χ3n) is 2.37. The fourth-order valence-electron chi connectivity index (χ4n) is 1.37. The largest absolute Gasteiger partial charge is 0.489 e. The first-order valence-electron chi connectivity index (χ1n) is 6.33. The van der Waals surface area contributed by atoms with E-state index >= 15 is 0 Å². The second-order valence-corrected chi connectivity index (χ2v) is 4.54. The van der Waals surface area contributed by atoms with Crippen molar-refractivity contribution in [3.05, 3.63) is 36.2 Å². The minimum atomic E-state index is -0.264. The minimum absolute atomic E-state index is 0. The molecule has 5 nitrogen and oxygen atoms in total. The van der Waals surface area contributed by atoms with Crippen molar-refractivity contribution < 1.29 is 13.9 Å². The fraction of sp³-hybridized carbons (Fsp3) is 0.357. The van der Waals surface area contributed by atoms with Gasteiger partial charge in [-0.05, 0) is 38.1 Å². The smallest absolute Gasteiger partial charge is 0.319 e. The zero-order valence-electron chi connectivity index (χ0n) is 12.1. The maximum Gasteiger partial charge on any atom is 0.319 e. The standard InChI is InChI=1S/C14H20FN3O2.ClH/c1-10(2)17-14(19)18-12-3-5-13(6-4-12)20-9-11(7-15)8-16;/h3-7,10H,8-9,16H2,1-2H3,(H2,17,18,19);1H. The molecule has 0 unspecified atom stereocenters. The van der Waals surface area contributed by atoms with E-state index in [1.165, 1.54) is 0 Å². The van der Waals surface area contributed by atoms with E-state index in [0.29, 0.717) is 23.3 Å². The van der Waals surface area contributed by atoms with Gasteiger partial charge in [-0.25, -0.2) is 9.18 Å². The van der Waals surface area contributed by atoms with Gasteiger partial charge in [-0.2, -0.15) is 0 Å². The van der Waals surface area contributed by atoms with Gasteiger partial charge >= 0.3 is 6.03 Å². The first-order chi connectivity index (χ1) is 9.55. The molecule has 1 aromatic rings. The van der Waals surface area contributed by atoms with Crippen LogP contribution in [0.3, 0.4) is 0 Å². The van der Waals surface area contributed by atoms with E-state index in [2.05, 4.69) is 10.6 Å². The quantitative estimate of drug-likeness (QED) is 0.755. The number of rotatable bonds is 6. The van der Waals surface area contributed by atoms with Crippen molar-refractivity contribution in [1.29, 1.82) is 0 Å². The molecule has 0 atom stereocenters. The highest BCUT2D eigenvalue weighted by Gasteiger charge is 2.03. The normalized spacial score (nSPS) is 10.8. The molecule has 0 saturated carbocycles. The molecule has 0 heterocycles. The van der Waals surface area contributed by atoms with Crippen molar-refractivity contribution in [3.8, 4) is 5.75 Å². The monoisotopic (exact) mass is 317 g/mol. The third kappa shape index (κ3) is 7.53. The lowest BCUT2D eigenvalue weighted by molar-refractivity contribution is 0.250. The molecule has 0 aromatic heterocycles. The minimum Gasteiger partial charge on any atom is -0.489 e. The molecule has 0 aliphatic heterocycles. The molecule has 0 saturated heterocycles. The summed E-state index contributed by atoms with van der Waals surface area (Å²) in [7, 11) is 0. The molecule has 1 rings (SSSR count). The number of benzene rings is 1. The number of hydrogen-bond donors (Lipinski definition) is 3. The lowest BCUT2D eigenvalue weighted by Crippen LogP contribution is -2.34. The van der Waals surface area contributed by atoms with E-state index in [-0.39, 0.29) is 37.6 Å². The van der Waals surface area contributed by atoms with Gasteiger partial charge in [0.1, 0.15) is 12.4 Å². The number of urea groups is 1. The molecule has 4 N–H and O–H groups in total. The SMILES string of the molecule is CC(C)NC(=O)Nc1ccc(OCC(=CF)CN)cc1.Cl. The lowest BCUT2D eigenvalue weighted by atomic mass is 10.3. The van der Waals surface area contributed by atoms with Crippen molar-refractivity contribution in [1.82, 2.24) is 5.32 Å². The number of carbonyl (C=O) groups is 1. The number of hydrogen-bond acceptors (Lipinski definition) is 3. The first kappa shape index (κ1) is 19.2. The van der Waals surface area contributed by atoms with E-state index < -0.39 is 0 Å². The summed E-state index contributed by atoms with van der Waals surface area (Å²) in [5.41, 5.74) is 6.35. The van der Waals surface area contributed by atoms with Crippen LogP contribution in [0.15, 0.2) is 36.2 Å². The van der Waals surface area contributed by atoms with E-state index in [1.54, 1.807) is 24.3 Å². The van der Waals surface area contributed by atoms with Crippen LogP contribution in [0.5, 0.6) is 5.75 Å². The zero-order valence-corrected chi connectivity index (χ0v) is 12.9. The molecule has 21 heavy (non-hydrogen) atoms. The van der Waals surface area contributed by atoms with Gasteiger partial charge in [-0.1, -0.05) is 0 Å². The summed E-state index contributed by atoms with van der Waals surface area (Å²) in [5.74, 6) is 0.576. The van der Waals surface area contributed by atoms with Gasteiger partial charge < -0.3 is 21.1 Å². The molecule has 0 aliphatic carbocycles. The molecule has 2 amide bonds. The van der Waals surface area contributed by atoms with Crippen LogP contribution in [0.4, 0.5) is 14.9 Å². The van der Waals surface area contributed by atoms with Crippen LogP contribution < -0.4 is 21.1 Å². The zero-order chi connectivity index (χ0) is 15.0. The first-order valence-corrected chi connectivity index (χ1v) is 6.33. The highest BCUT2D eigenvalue weighted by Crippen LogP contribution is 2.16. The van der Waals surface area contributed by atoms with Gasteiger partial charge in [0.15, 0.2) is 0 Å². The maximum absolute atomic E-state index is 12.3. The molecule has 0 radical (unpaired) electrons. The number of amides is 2. The Morgan fingerprint density at radius 3 is 2.48 bits per heavy atom. The Labute approximate surface area is 130 Å². The number of halogens is 2. The Kier molecular flexibility index (Phi) is 9.16. The summed E-state index contributed by atoms with van der Waals surface area (Å²) in [6.45, 7) is 3.98. The van der Waals surface area contributed by atoms with Gasteiger partial charge in [0.05, 0.1) is 6.33 Å². The molecule has 0 spiro atoms. The molecule has 118 valence electrons. The predicted molar refractivity (Wildman–Crippen MR) is 84.7 cm³/mol. The number of carbonyl (C=O) groups excluding carboxylic acids is 1. The van der Waals surface area contributed by atoms with Gasteiger partial charge in [-0.15, -0.1) is 12.4 Å². The number of anilines is 1. The molecule has 0 aliphatic rings. The highest BCUT2D eigenvalue weighted by molar-refractivity contribution is 5.89. The third-order valence-corrected chi connectivity index (χ3v) is 2.37. The predicted octanol–water partition coefficient (Wildman–Crippen LogP) is 2.83.